The number of carbonyl (C=O) groups excluding carboxylic acids is 2. The SMILES string of the molecule is CNc1nc(N)nc2c1ncn2[C@@H]1O[C@H](COP(=O)(N[C@@H](C)C(=O)OC(C)C)Oc2ccccc2)[C@@H](O)[C@@]1(C)F.CNc1nc(N)nc2c1ncn2[C@@H]1O[C@H](CO[P@@](=O)(N[C@@H](C)C(=O)OC(C)C)Oc2ccccc2)[C@@H](O)[C@@]1(C)F.O=S(=O)(O)O. The number of rotatable bonds is 22. The minimum atomic E-state index is -4.67. The first-order chi connectivity index (χ1) is 39.7. The molecule has 0 aliphatic carbocycles. The van der Waals surface area contributed by atoms with Crippen molar-refractivity contribution in [2.24, 2.45) is 0 Å². The number of alkyl halides is 2. The van der Waals surface area contributed by atoms with E-state index in [1.54, 1.807) is 102 Å². The van der Waals surface area contributed by atoms with Crippen LogP contribution in [-0.4, -0.2) is 166 Å². The van der Waals surface area contributed by atoms with Crippen LogP contribution in [0.2, 0.25) is 0 Å². The molecular weight excluding hydrogens is 1190 g/mol. The molecule has 0 saturated carbocycles. The maximum Gasteiger partial charge on any atom is 0.459 e. The highest BCUT2D eigenvalue weighted by atomic mass is 32.3. The molecule has 12 atom stereocenters. The third-order valence-electron chi connectivity index (χ3n) is 12.2. The number of nitrogens with zero attached hydrogens (tertiary/aromatic N) is 8. The summed E-state index contributed by atoms with van der Waals surface area (Å²) in [6.07, 6.45) is -7.05. The molecule has 0 bridgehead atoms. The third-order valence-corrected chi connectivity index (χ3v) is 15.4. The third kappa shape index (κ3) is 17.2. The number of nitrogens with two attached hydrogens (primary N) is 2. The molecule has 0 spiro atoms. The number of hydrogen-bond donors (Lipinski definition) is 10. The van der Waals surface area contributed by atoms with Crippen molar-refractivity contribution in [1.29, 1.82) is 0 Å². The van der Waals surface area contributed by atoms with Gasteiger partial charge in [-0.25, -0.2) is 27.9 Å². The largest absolute Gasteiger partial charge is 0.462 e. The Bertz CT molecular complexity index is 3250. The average Bonchev–Trinajstić information content (AvgIpc) is 1.75. The Kier molecular flexibility index (Phi) is 21.9. The molecule has 2 saturated heterocycles. The number of imidazole rings is 2. The van der Waals surface area contributed by atoms with Crippen molar-refractivity contribution in [1.82, 2.24) is 49.2 Å². The first-order valence-electron chi connectivity index (χ1n) is 25.7. The summed E-state index contributed by atoms with van der Waals surface area (Å²) < 4.78 is 138. The number of fused-ring (bicyclic) bond motifs is 2. The van der Waals surface area contributed by atoms with Crippen molar-refractivity contribution in [3.05, 3.63) is 73.3 Å². The highest BCUT2D eigenvalue weighted by molar-refractivity contribution is 7.79. The van der Waals surface area contributed by atoms with Gasteiger partial charge in [-0.2, -0.15) is 38.5 Å². The van der Waals surface area contributed by atoms with E-state index in [2.05, 4.69) is 50.7 Å². The summed E-state index contributed by atoms with van der Waals surface area (Å²) >= 11 is 0. The van der Waals surface area contributed by atoms with E-state index in [9.17, 15) is 28.9 Å². The fourth-order valence-electron chi connectivity index (χ4n) is 8.27. The molecule has 85 heavy (non-hydrogen) atoms. The van der Waals surface area contributed by atoms with E-state index in [0.29, 0.717) is 22.7 Å². The number of ether oxygens (including phenoxy) is 4. The van der Waals surface area contributed by atoms with Crippen molar-refractivity contribution >= 4 is 83.7 Å². The van der Waals surface area contributed by atoms with Crippen LogP contribution in [0.25, 0.3) is 22.3 Å². The number of hydrogen-bond acceptors (Lipinski definition) is 26. The Hall–Kier alpha value is -6.85. The summed E-state index contributed by atoms with van der Waals surface area (Å²) in [6.45, 7) is 10.7. The molecule has 1 unspecified atom stereocenters. The predicted molar refractivity (Wildman–Crippen MR) is 301 cm³/mol. The van der Waals surface area contributed by atoms with Crippen molar-refractivity contribution < 1.29 is 92.3 Å². The van der Waals surface area contributed by atoms with Crippen LogP contribution in [0.1, 0.15) is 67.8 Å². The minimum absolute atomic E-state index is 0.0761. The molecule has 0 amide bonds. The van der Waals surface area contributed by atoms with Gasteiger partial charge >= 0.3 is 37.8 Å². The summed E-state index contributed by atoms with van der Waals surface area (Å²) in [5.41, 5.74) is 7.89. The maximum atomic E-state index is 16.0. The van der Waals surface area contributed by atoms with Crippen LogP contribution in [0, 0.1) is 0 Å². The molecular formula is C48H68F2N14O18P2S. The zero-order valence-electron chi connectivity index (χ0n) is 47.4. The second kappa shape index (κ2) is 27.7. The monoisotopic (exact) mass is 1260 g/mol. The number of nitrogens with one attached hydrogen (secondary N) is 4. The lowest BCUT2D eigenvalue weighted by Crippen LogP contribution is -2.41. The van der Waals surface area contributed by atoms with Gasteiger partial charge in [0, 0.05) is 14.1 Å². The molecule has 32 nitrogen and oxygen atoms in total. The van der Waals surface area contributed by atoms with Crippen LogP contribution in [0.5, 0.6) is 11.5 Å². The van der Waals surface area contributed by atoms with Gasteiger partial charge in [-0.15, -0.1) is 0 Å². The highest BCUT2D eigenvalue weighted by Crippen LogP contribution is 2.50. The number of carbonyl (C=O) groups is 2. The van der Waals surface area contributed by atoms with Gasteiger partial charge in [0.25, 0.3) is 0 Å². The van der Waals surface area contributed by atoms with E-state index < -0.39 is 124 Å². The van der Waals surface area contributed by atoms with Crippen LogP contribution < -0.4 is 41.3 Å². The molecule has 12 N–H and O–H groups in total. The number of para-hydroxylation sites is 2. The van der Waals surface area contributed by atoms with E-state index in [0.717, 1.165) is 13.8 Å². The van der Waals surface area contributed by atoms with Crippen LogP contribution >= 0.6 is 15.5 Å². The van der Waals surface area contributed by atoms with Gasteiger partial charge < -0.3 is 60.3 Å². The first kappa shape index (κ1) is 67.3. The summed E-state index contributed by atoms with van der Waals surface area (Å²) in [6, 6.07) is 14.1. The average molecular weight is 1260 g/mol. The van der Waals surface area contributed by atoms with Gasteiger partial charge in [0.2, 0.25) is 11.9 Å². The quantitative estimate of drug-likeness (QED) is 0.0254. The van der Waals surface area contributed by atoms with Crippen molar-refractivity contribution in [2.75, 3.05) is 49.4 Å². The Morgan fingerprint density at radius 1 is 0.659 bits per heavy atom. The molecule has 2 aromatic carbocycles. The predicted octanol–water partition coefficient (Wildman–Crippen LogP) is 4.49. The zero-order chi connectivity index (χ0) is 63.0. The fraction of sp³-hybridized carbons (Fsp3) is 0.500. The lowest BCUT2D eigenvalue weighted by atomic mass is 9.98. The number of halogens is 2. The molecule has 37 heteroatoms. The summed E-state index contributed by atoms with van der Waals surface area (Å²) in [4.78, 5) is 49.6. The van der Waals surface area contributed by atoms with E-state index in [-0.39, 0.29) is 34.7 Å². The van der Waals surface area contributed by atoms with Crippen LogP contribution in [0.4, 0.5) is 32.3 Å². The molecule has 2 fully saturated rings. The smallest absolute Gasteiger partial charge is 0.459 e. The number of benzene rings is 2. The second-order valence-corrected chi connectivity index (χ2v) is 24.1. The Morgan fingerprint density at radius 3 is 1.29 bits per heavy atom. The molecule has 2 aliphatic rings. The first-order valence-corrected chi connectivity index (χ1v) is 30.2. The van der Waals surface area contributed by atoms with Crippen LogP contribution in [-0.2, 0) is 57.1 Å². The van der Waals surface area contributed by atoms with E-state index in [4.69, 9.17) is 66.0 Å². The van der Waals surface area contributed by atoms with E-state index in [1.165, 1.54) is 35.6 Å². The summed E-state index contributed by atoms with van der Waals surface area (Å²) in [5.74, 6) is -0.486. The standard InChI is InChI=1S/2C24H33FN7O7P.H2O4S/c2*1-13(2)37-21(34)14(3)31-40(35,39-15-9-7-6-8-10-15)36-11-16-18(33)24(4,25)22(38-16)32-12-28-17-19(27-5)29-23(26)30-20(17)32;1-5(2,3)4/h2*6-10,12-14,16,18,22,33H,11H2,1-5H3,(H,31,35)(H3,26,27,29,30);(H2,1,2,3,4)/t14-,16+,18+,22+,24+,40?;14-,16+,18+,22+,24+,40-;/m00./s1. The zero-order valence-corrected chi connectivity index (χ0v) is 50.0. The topological polar surface area (TPSA) is 445 Å². The Balaban J connectivity index is 0.000000252. The number of anilines is 4. The van der Waals surface area contributed by atoms with Gasteiger partial charge in [-0.05, 0) is 79.7 Å². The molecule has 468 valence electrons. The number of aromatic nitrogens is 8. The van der Waals surface area contributed by atoms with Crippen LogP contribution in [0.15, 0.2) is 73.3 Å². The van der Waals surface area contributed by atoms with Gasteiger partial charge in [0.1, 0.15) is 48.0 Å². The molecule has 8 rings (SSSR count). The number of nitrogen functional groups attached to an aromatic ring is 2. The van der Waals surface area contributed by atoms with E-state index in [1.807, 2.05) is 0 Å². The van der Waals surface area contributed by atoms with Crippen molar-refractivity contribution in [2.45, 2.75) is 128 Å². The van der Waals surface area contributed by atoms with Gasteiger partial charge in [0.15, 0.2) is 57.8 Å². The molecule has 4 aromatic heterocycles. The number of aliphatic hydroxyl groups is 2. The Labute approximate surface area is 485 Å². The van der Waals surface area contributed by atoms with Crippen molar-refractivity contribution in [3.8, 4) is 11.5 Å². The highest BCUT2D eigenvalue weighted by Gasteiger charge is 2.57. The molecule has 6 heterocycles. The number of esters is 2. The summed E-state index contributed by atoms with van der Waals surface area (Å²) in [7, 11) is -9.99. The van der Waals surface area contributed by atoms with Crippen molar-refractivity contribution in [3.63, 3.8) is 0 Å². The second-order valence-electron chi connectivity index (χ2n) is 19.8. The molecule has 2 aliphatic heterocycles. The number of aliphatic hydroxyl groups excluding tert-OH is 2. The molecule has 0 radical (unpaired) electrons. The van der Waals surface area contributed by atoms with E-state index >= 15 is 8.78 Å². The normalized spacial score (nSPS) is 24.3. The fourth-order valence-corrected chi connectivity index (χ4v) is 11.3. The van der Waals surface area contributed by atoms with Gasteiger partial charge in [0.05, 0.1) is 38.1 Å². The lowest BCUT2D eigenvalue weighted by Gasteiger charge is -2.25. The molecule has 6 aromatic rings. The minimum Gasteiger partial charge on any atom is -0.462 e. The lowest BCUT2D eigenvalue weighted by molar-refractivity contribution is -0.150. The summed E-state index contributed by atoms with van der Waals surface area (Å²) in [5, 5.41) is 32.5. The van der Waals surface area contributed by atoms with Gasteiger partial charge in [-0.1, -0.05) is 36.4 Å². The Morgan fingerprint density at radius 2 is 0.988 bits per heavy atom. The van der Waals surface area contributed by atoms with Crippen LogP contribution in [0.3, 0.4) is 0 Å². The maximum absolute atomic E-state index is 16.0. The van der Waals surface area contributed by atoms with Gasteiger partial charge in [-0.3, -0.25) is 36.9 Å².